The van der Waals surface area contributed by atoms with E-state index in [-0.39, 0.29) is 0 Å². The molecular weight excluding hydrogens is 259 g/mol. The smallest absolute Gasteiger partial charge is 0.113 e. The van der Waals surface area contributed by atoms with Crippen molar-refractivity contribution < 1.29 is 4.74 Å². The topological polar surface area (TPSA) is 9.23 Å². The lowest BCUT2D eigenvalue weighted by Gasteiger charge is -2.39. The van der Waals surface area contributed by atoms with E-state index in [0.29, 0.717) is 5.73 Å². The van der Waals surface area contributed by atoms with E-state index in [9.17, 15) is 0 Å². The average molecular weight is 280 g/mol. The SMILES string of the molecule is B[Si](c1ccccc1)(c1ccccc1)C1CCCCO1. The maximum Gasteiger partial charge on any atom is 0.113 e. The van der Waals surface area contributed by atoms with Gasteiger partial charge in [0.15, 0.2) is 0 Å². The minimum Gasteiger partial charge on any atom is -0.381 e. The highest BCUT2D eigenvalue weighted by molar-refractivity contribution is 7.32. The van der Waals surface area contributed by atoms with Crippen LogP contribution in [-0.4, -0.2) is 27.7 Å². The summed E-state index contributed by atoms with van der Waals surface area (Å²) in [5.41, 5.74) is 0.404. The predicted molar refractivity (Wildman–Crippen MR) is 90.0 cm³/mol. The molecule has 102 valence electrons. The van der Waals surface area contributed by atoms with E-state index >= 15 is 0 Å². The summed E-state index contributed by atoms with van der Waals surface area (Å²) in [6, 6.07) is 22.0. The first-order valence-electron chi connectivity index (χ1n) is 7.54. The van der Waals surface area contributed by atoms with Crippen LogP contribution in [0.5, 0.6) is 0 Å². The summed E-state index contributed by atoms with van der Waals surface area (Å²) >= 11 is 0. The first kappa shape index (κ1) is 13.7. The highest BCUT2D eigenvalue weighted by atomic mass is 28.3. The zero-order chi connectivity index (χ0) is 13.8. The third kappa shape index (κ3) is 2.48. The van der Waals surface area contributed by atoms with Gasteiger partial charge in [0.1, 0.15) is 15.4 Å². The van der Waals surface area contributed by atoms with Gasteiger partial charge in [0.05, 0.1) is 5.73 Å². The molecule has 2 aromatic carbocycles. The van der Waals surface area contributed by atoms with E-state index < -0.39 is 7.94 Å². The molecule has 3 heteroatoms. The number of hydrogen-bond donors (Lipinski definition) is 0. The van der Waals surface area contributed by atoms with E-state index in [4.69, 9.17) is 4.74 Å². The van der Waals surface area contributed by atoms with Crippen LogP contribution in [0.2, 0.25) is 0 Å². The summed E-state index contributed by atoms with van der Waals surface area (Å²) in [6.45, 7) is 0.924. The van der Waals surface area contributed by atoms with Gasteiger partial charge in [-0.1, -0.05) is 71.0 Å². The lowest BCUT2D eigenvalue weighted by Crippen LogP contribution is -2.68. The van der Waals surface area contributed by atoms with Crippen LogP contribution < -0.4 is 10.4 Å². The van der Waals surface area contributed by atoms with Gasteiger partial charge in [-0.25, -0.2) is 0 Å². The lowest BCUT2D eigenvalue weighted by molar-refractivity contribution is 0.0633. The van der Waals surface area contributed by atoms with E-state index in [1.165, 1.54) is 29.6 Å². The lowest BCUT2D eigenvalue weighted by atomic mass is 10.2. The summed E-state index contributed by atoms with van der Waals surface area (Å²) in [6.07, 6.45) is 3.71. The maximum absolute atomic E-state index is 6.21. The molecule has 1 aliphatic rings. The van der Waals surface area contributed by atoms with Crippen molar-refractivity contribution in [3.05, 3.63) is 60.7 Å². The average Bonchev–Trinajstić information content (AvgIpc) is 2.56. The van der Waals surface area contributed by atoms with Crippen LogP contribution in [-0.2, 0) is 4.74 Å². The van der Waals surface area contributed by atoms with Gasteiger partial charge in [-0.05, 0) is 19.3 Å². The van der Waals surface area contributed by atoms with Crippen molar-refractivity contribution in [2.24, 2.45) is 0 Å². The van der Waals surface area contributed by atoms with Gasteiger partial charge in [-0.2, -0.15) is 0 Å². The number of hydrogen-bond acceptors (Lipinski definition) is 1. The molecule has 1 aliphatic heterocycles. The number of ether oxygens (including phenoxy) is 1. The molecule has 2 aromatic rings. The fraction of sp³-hybridized carbons (Fsp3) is 0.294. The molecule has 1 nitrogen and oxygen atoms in total. The third-order valence-corrected chi connectivity index (χ3v) is 9.38. The van der Waals surface area contributed by atoms with Crippen LogP contribution in [0.15, 0.2) is 60.7 Å². The van der Waals surface area contributed by atoms with Gasteiger partial charge < -0.3 is 4.74 Å². The van der Waals surface area contributed by atoms with Crippen molar-refractivity contribution in [1.82, 2.24) is 0 Å². The second-order valence-corrected chi connectivity index (χ2v) is 9.99. The largest absolute Gasteiger partial charge is 0.381 e. The van der Waals surface area contributed by atoms with E-state index in [2.05, 4.69) is 68.1 Å². The van der Waals surface area contributed by atoms with Gasteiger partial charge in [0.25, 0.3) is 0 Å². The Morgan fingerprint density at radius 3 is 1.85 bits per heavy atom. The van der Waals surface area contributed by atoms with Crippen molar-refractivity contribution in [3.8, 4) is 0 Å². The van der Waals surface area contributed by atoms with Crippen LogP contribution in [0, 0.1) is 0 Å². The molecule has 0 N–H and O–H groups in total. The molecule has 1 fully saturated rings. The molecule has 0 bridgehead atoms. The Hall–Kier alpha value is -1.32. The van der Waals surface area contributed by atoms with Crippen LogP contribution >= 0.6 is 0 Å². The Kier molecular flexibility index (Phi) is 4.08. The van der Waals surface area contributed by atoms with Gasteiger partial charge in [-0.3, -0.25) is 0 Å². The second-order valence-electron chi connectivity index (χ2n) is 5.79. The zero-order valence-corrected chi connectivity index (χ0v) is 13.1. The molecule has 0 saturated carbocycles. The summed E-state index contributed by atoms with van der Waals surface area (Å²) in [7, 11) is 0.643. The van der Waals surface area contributed by atoms with Crippen LogP contribution in [0.3, 0.4) is 0 Å². The van der Waals surface area contributed by atoms with Crippen molar-refractivity contribution in [2.75, 3.05) is 6.61 Å². The summed E-state index contributed by atoms with van der Waals surface area (Å²) in [5, 5.41) is 2.97. The standard InChI is InChI=1S/C17H21BOSi/c18-20(15-9-3-1-4-10-15,16-11-5-2-6-12-16)17-13-7-8-14-19-17/h1-6,9-12,17H,7-8,13-14,18H2. The summed E-state index contributed by atoms with van der Waals surface area (Å²) in [5.74, 6) is 0. The molecule has 1 heterocycles. The fourth-order valence-corrected chi connectivity index (χ4v) is 7.38. The Labute approximate surface area is 123 Å². The molecule has 1 atom stereocenters. The van der Waals surface area contributed by atoms with Gasteiger partial charge in [-0.15, -0.1) is 0 Å². The minimum absolute atomic E-state index is 0.404. The summed E-state index contributed by atoms with van der Waals surface area (Å²) < 4.78 is 6.21. The molecular formula is C17H21BOSi. The molecule has 1 saturated heterocycles. The second kappa shape index (κ2) is 5.98. The highest BCUT2D eigenvalue weighted by Gasteiger charge is 2.41. The zero-order valence-electron chi connectivity index (χ0n) is 12.1. The summed E-state index contributed by atoms with van der Waals surface area (Å²) in [4.78, 5) is 0. The number of benzene rings is 2. The van der Waals surface area contributed by atoms with Gasteiger partial charge in [0, 0.05) is 6.61 Å². The first-order valence-corrected chi connectivity index (χ1v) is 10.1. The molecule has 3 rings (SSSR count). The Bertz CT molecular complexity index is 498. The highest BCUT2D eigenvalue weighted by Crippen LogP contribution is 2.20. The van der Waals surface area contributed by atoms with Crippen LogP contribution in [0.1, 0.15) is 19.3 Å². The molecule has 0 amide bonds. The quantitative estimate of drug-likeness (QED) is 0.774. The molecule has 20 heavy (non-hydrogen) atoms. The van der Waals surface area contributed by atoms with Crippen molar-refractivity contribution in [2.45, 2.75) is 25.0 Å². The predicted octanol–water partition coefficient (Wildman–Crippen LogP) is 1.49. The fourth-order valence-electron chi connectivity index (χ4n) is 3.30. The maximum atomic E-state index is 6.21. The molecule has 0 aromatic heterocycles. The van der Waals surface area contributed by atoms with Crippen molar-refractivity contribution >= 4 is 25.8 Å². The molecule has 1 unspecified atom stereocenters. The van der Waals surface area contributed by atoms with Crippen LogP contribution in [0.4, 0.5) is 0 Å². The molecule has 0 aliphatic carbocycles. The monoisotopic (exact) mass is 280 g/mol. The number of rotatable bonds is 3. The Morgan fingerprint density at radius 1 is 0.850 bits per heavy atom. The minimum atomic E-state index is -1.82. The van der Waals surface area contributed by atoms with E-state index in [1.807, 2.05) is 0 Å². The van der Waals surface area contributed by atoms with Gasteiger partial charge in [0.2, 0.25) is 0 Å². The van der Waals surface area contributed by atoms with Crippen molar-refractivity contribution in [1.29, 1.82) is 0 Å². The van der Waals surface area contributed by atoms with Crippen LogP contribution in [0.25, 0.3) is 0 Å². The third-order valence-electron chi connectivity index (χ3n) is 4.57. The molecule has 0 radical (unpaired) electrons. The Balaban J connectivity index is 2.07. The van der Waals surface area contributed by atoms with Crippen molar-refractivity contribution in [3.63, 3.8) is 0 Å². The van der Waals surface area contributed by atoms with Gasteiger partial charge >= 0.3 is 0 Å². The normalized spacial score (nSPS) is 19.7. The van der Waals surface area contributed by atoms with E-state index in [1.54, 1.807) is 0 Å². The molecule has 0 spiro atoms. The Morgan fingerprint density at radius 2 is 1.40 bits per heavy atom. The van der Waals surface area contributed by atoms with E-state index in [0.717, 1.165) is 6.61 Å². The first-order chi connectivity index (χ1) is 9.82.